The van der Waals surface area contributed by atoms with Crippen molar-refractivity contribution in [2.24, 2.45) is 0 Å². The quantitative estimate of drug-likeness (QED) is 0.861. The van der Waals surface area contributed by atoms with Gasteiger partial charge in [-0.3, -0.25) is 4.79 Å². The van der Waals surface area contributed by atoms with Gasteiger partial charge in [-0.1, -0.05) is 6.42 Å². The largest absolute Gasteiger partial charge is 0.495 e. The molecule has 0 aromatic carbocycles. The molecule has 1 fully saturated rings. The first-order chi connectivity index (χ1) is 8.14. The van der Waals surface area contributed by atoms with Crippen molar-refractivity contribution in [1.82, 2.24) is 4.98 Å². The van der Waals surface area contributed by atoms with Gasteiger partial charge in [0.1, 0.15) is 5.75 Å². The molecular weight excluding hydrogens is 222 g/mol. The number of carboxylic acid groups (broad SMARTS) is 1. The lowest BCUT2D eigenvalue weighted by Gasteiger charge is -2.38. The van der Waals surface area contributed by atoms with E-state index in [9.17, 15) is 9.90 Å². The van der Waals surface area contributed by atoms with E-state index in [0.717, 1.165) is 6.42 Å². The topological polar surface area (TPSA) is 68.7 Å². The fourth-order valence-corrected chi connectivity index (χ4v) is 2.20. The highest BCUT2D eigenvalue weighted by molar-refractivity contribution is 5.83. The number of rotatable bonds is 4. The molecule has 1 heterocycles. The van der Waals surface area contributed by atoms with Gasteiger partial charge in [0.25, 0.3) is 0 Å². The second-order valence-electron chi connectivity index (χ2n) is 4.17. The highest BCUT2D eigenvalue weighted by atomic mass is 16.5. The van der Waals surface area contributed by atoms with Gasteiger partial charge in [-0.15, -0.1) is 0 Å². The van der Waals surface area contributed by atoms with Crippen LogP contribution in [0.2, 0.25) is 0 Å². The van der Waals surface area contributed by atoms with Crippen LogP contribution in [0.4, 0.5) is 0 Å². The van der Waals surface area contributed by atoms with E-state index in [0.29, 0.717) is 30.0 Å². The van der Waals surface area contributed by atoms with Crippen molar-refractivity contribution in [3.8, 4) is 11.6 Å². The summed E-state index contributed by atoms with van der Waals surface area (Å²) in [5, 5.41) is 9.40. The van der Waals surface area contributed by atoms with E-state index in [-0.39, 0.29) is 0 Å². The summed E-state index contributed by atoms with van der Waals surface area (Å²) >= 11 is 0. The number of nitrogens with zero attached hydrogens (tertiary/aromatic N) is 1. The van der Waals surface area contributed by atoms with E-state index in [1.807, 2.05) is 0 Å². The Balaban J connectivity index is 2.51. The lowest BCUT2D eigenvalue weighted by molar-refractivity contribution is -0.147. The van der Waals surface area contributed by atoms with Crippen LogP contribution in [0.1, 0.15) is 24.8 Å². The van der Waals surface area contributed by atoms with Crippen molar-refractivity contribution in [2.45, 2.75) is 24.7 Å². The average molecular weight is 237 g/mol. The molecular formula is C12H15NO4. The van der Waals surface area contributed by atoms with Crippen LogP contribution in [-0.2, 0) is 10.2 Å². The van der Waals surface area contributed by atoms with Gasteiger partial charge >= 0.3 is 5.97 Å². The van der Waals surface area contributed by atoms with Gasteiger partial charge in [0.15, 0.2) is 0 Å². The Hall–Kier alpha value is -1.78. The van der Waals surface area contributed by atoms with Gasteiger partial charge in [0.2, 0.25) is 5.88 Å². The number of aromatic nitrogens is 1. The normalized spacial score (nSPS) is 17.1. The molecule has 1 aliphatic carbocycles. The van der Waals surface area contributed by atoms with E-state index in [4.69, 9.17) is 9.47 Å². The zero-order chi connectivity index (χ0) is 12.5. The second kappa shape index (κ2) is 4.24. The Kier molecular flexibility index (Phi) is 2.92. The summed E-state index contributed by atoms with van der Waals surface area (Å²) in [5.74, 6) is 0.108. The highest BCUT2D eigenvalue weighted by Crippen LogP contribution is 2.47. The second-order valence-corrected chi connectivity index (χ2v) is 4.17. The molecule has 5 nitrogen and oxygen atoms in total. The smallest absolute Gasteiger partial charge is 0.314 e. The Morgan fingerprint density at radius 2 is 2.12 bits per heavy atom. The third-order valence-electron chi connectivity index (χ3n) is 3.40. The van der Waals surface area contributed by atoms with E-state index in [1.54, 1.807) is 6.07 Å². The van der Waals surface area contributed by atoms with Crippen LogP contribution in [0.3, 0.4) is 0 Å². The number of methoxy groups -OCH3 is 2. The standard InChI is InChI=1S/C12H15NO4/c1-16-9-7-13-10(17-2)6-8(9)12(11(14)15)4-3-5-12/h6-7H,3-5H2,1-2H3,(H,14,15). The van der Waals surface area contributed by atoms with Crippen molar-refractivity contribution < 1.29 is 19.4 Å². The van der Waals surface area contributed by atoms with Crippen LogP contribution in [0.15, 0.2) is 12.3 Å². The van der Waals surface area contributed by atoms with Crippen molar-refractivity contribution in [3.05, 3.63) is 17.8 Å². The molecule has 1 aromatic rings. The summed E-state index contributed by atoms with van der Waals surface area (Å²) in [5.41, 5.74) is -0.174. The third-order valence-corrected chi connectivity index (χ3v) is 3.40. The fourth-order valence-electron chi connectivity index (χ4n) is 2.20. The van der Waals surface area contributed by atoms with Crippen molar-refractivity contribution >= 4 is 5.97 Å². The number of carboxylic acids is 1. The Morgan fingerprint density at radius 3 is 2.53 bits per heavy atom. The molecule has 1 aliphatic rings. The minimum Gasteiger partial charge on any atom is -0.495 e. The predicted molar refractivity (Wildman–Crippen MR) is 60.5 cm³/mol. The number of pyridine rings is 1. The molecule has 1 aromatic heterocycles. The van der Waals surface area contributed by atoms with E-state index >= 15 is 0 Å². The van der Waals surface area contributed by atoms with Gasteiger partial charge in [-0.2, -0.15) is 0 Å². The molecule has 0 bridgehead atoms. The van der Waals surface area contributed by atoms with Gasteiger partial charge in [-0.05, 0) is 12.8 Å². The average Bonchev–Trinajstić information content (AvgIpc) is 2.27. The molecule has 17 heavy (non-hydrogen) atoms. The Morgan fingerprint density at radius 1 is 1.41 bits per heavy atom. The maximum atomic E-state index is 11.5. The summed E-state index contributed by atoms with van der Waals surface area (Å²) in [7, 11) is 3.02. The Bertz CT molecular complexity index is 440. The number of carbonyl (C=O) groups is 1. The molecule has 0 radical (unpaired) electrons. The van der Waals surface area contributed by atoms with Crippen LogP contribution in [0, 0.1) is 0 Å². The molecule has 5 heteroatoms. The van der Waals surface area contributed by atoms with Crippen LogP contribution >= 0.6 is 0 Å². The number of ether oxygens (including phenoxy) is 2. The molecule has 0 unspecified atom stereocenters. The van der Waals surface area contributed by atoms with E-state index in [2.05, 4.69) is 4.98 Å². The zero-order valence-corrected chi connectivity index (χ0v) is 9.90. The summed E-state index contributed by atoms with van der Waals surface area (Å²) < 4.78 is 10.2. The molecule has 0 aliphatic heterocycles. The van der Waals surface area contributed by atoms with Crippen LogP contribution < -0.4 is 9.47 Å². The maximum absolute atomic E-state index is 11.5. The molecule has 2 rings (SSSR count). The van der Waals surface area contributed by atoms with Crippen molar-refractivity contribution in [2.75, 3.05) is 14.2 Å². The summed E-state index contributed by atoms with van der Waals surface area (Å²) in [6.45, 7) is 0. The summed E-state index contributed by atoms with van der Waals surface area (Å²) in [4.78, 5) is 15.5. The number of aliphatic carboxylic acids is 1. The van der Waals surface area contributed by atoms with Crippen molar-refractivity contribution in [1.29, 1.82) is 0 Å². The van der Waals surface area contributed by atoms with Gasteiger partial charge < -0.3 is 14.6 Å². The zero-order valence-electron chi connectivity index (χ0n) is 9.90. The van der Waals surface area contributed by atoms with Gasteiger partial charge in [-0.25, -0.2) is 4.98 Å². The minimum atomic E-state index is -0.832. The maximum Gasteiger partial charge on any atom is 0.314 e. The molecule has 1 N–H and O–H groups in total. The summed E-state index contributed by atoms with van der Waals surface area (Å²) in [6, 6.07) is 1.66. The molecule has 0 amide bonds. The van der Waals surface area contributed by atoms with Crippen molar-refractivity contribution in [3.63, 3.8) is 0 Å². The monoisotopic (exact) mass is 237 g/mol. The third kappa shape index (κ3) is 1.71. The lowest BCUT2D eigenvalue weighted by atomic mass is 9.64. The summed E-state index contributed by atoms with van der Waals surface area (Å²) in [6.07, 6.45) is 3.69. The van der Waals surface area contributed by atoms with Crippen LogP contribution in [0.5, 0.6) is 11.6 Å². The number of hydrogen-bond acceptors (Lipinski definition) is 4. The van der Waals surface area contributed by atoms with Gasteiger partial charge in [0, 0.05) is 11.6 Å². The fraction of sp³-hybridized carbons (Fsp3) is 0.500. The molecule has 0 atom stereocenters. The van der Waals surface area contributed by atoms with Crippen LogP contribution in [-0.4, -0.2) is 30.3 Å². The molecule has 0 spiro atoms. The first-order valence-electron chi connectivity index (χ1n) is 5.46. The van der Waals surface area contributed by atoms with E-state index < -0.39 is 11.4 Å². The minimum absolute atomic E-state index is 0.410. The van der Waals surface area contributed by atoms with E-state index in [1.165, 1.54) is 20.4 Å². The first-order valence-corrected chi connectivity index (χ1v) is 5.46. The predicted octanol–water partition coefficient (Wildman–Crippen LogP) is 1.61. The molecule has 1 saturated carbocycles. The Labute approximate surface area is 99.4 Å². The van der Waals surface area contributed by atoms with Gasteiger partial charge in [0.05, 0.1) is 25.8 Å². The molecule has 92 valence electrons. The van der Waals surface area contributed by atoms with Crippen LogP contribution in [0.25, 0.3) is 0 Å². The lowest BCUT2D eigenvalue weighted by Crippen LogP contribution is -2.42. The first kappa shape index (κ1) is 11.7. The number of hydrogen-bond donors (Lipinski definition) is 1. The highest BCUT2D eigenvalue weighted by Gasteiger charge is 2.48. The SMILES string of the molecule is COc1cc(C2(C(=O)O)CCC2)c(OC)cn1. The molecule has 0 saturated heterocycles.